The molecular formula is C18H18ClNO5. The van der Waals surface area contributed by atoms with Crippen molar-refractivity contribution >= 4 is 17.5 Å². The van der Waals surface area contributed by atoms with Gasteiger partial charge >= 0.3 is 0 Å². The molecule has 6 nitrogen and oxygen atoms in total. The Labute approximate surface area is 150 Å². The Morgan fingerprint density at radius 2 is 1.88 bits per heavy atom. The molecule has 25 heavy (non-hydrogen) atoms. The number of aryl methyl sites for hydroxylation is 1. The van der Waals surface area contributed by atoms with Gasteiger partial charge < -0.3 is 24.3 Å². The fourth-order valence-electron chi connectivity index (χ4n) is 2.23. The second-order valence-electron chi connectivity index (χ2n) is 5.41. The summed E-state index contributed by atoms with van der Waals surface area (Å²) in [6, 6.07) is 10.6. The molecule has 0 aliphatic carbocycles. The molecule has 0 atom stereocenters. The zero-order chi connectivity index (χ0) is 17.6. The van der Waals surface area contributed by atoms with Crippen molar-refractivity contribution in [1.82, 2.24) is 5.32 Å². The molecule has 0 saturated carbocycles. The summed E-state index contributed by atoms with van der Waals surface area (Å²) >= 11 is 5.95. The molecule has 1 N–H and O–H groups in total. The monoisotopic (exact) mass is 363 g/mol. The largest absolute Gasteiger partial charge is 0.492 e. The van der Waals surface area contributed by atoms with Crippen LogP contribution < -0.4 is 24.3 Å². The molecule has 2 aromatic carbocycles. The Kier molecular flexibility index (Phi) is 5.50. The van der Waals surface area contributed by atoms with E-state index in [-0.39, 0.29) is 19.3 Å². The van der Waals surface area contributed by atoms with E-state index in [9.17, 15) is 4.79 Å². The van der Waals surface area contributed by atoms with E-state index in [0.29, 0.717) is 41.2 Å². The third-order valence-electron chi connectivity index (χ3n) is 3.54. The molecule has 0 spiro atoms. The second-order valence-corrected chi connectivity index (χ2v) is 5.82. The van der Waals surface area contributed by atoms with Crippen LogP contribution in [0, 0.1) is 6.92 Å². The van der Waals surface area contributed by atoms with Gasteiger partial charge in [-0.3, -0.25) is 4.79 Å². The Balaban J connectivity index is 1.36. The van der Waals surface area contributed by atoms with E-state index in [1.807, 2.05) is 6.92 Å². The summed E-state index contributed by atoms with van der Waals surface area (Å²) in [5.41, 5.74) is 0.900. The first-order valence-corrected chi connectivity index (χ1v) is 8.18. The molecule has 7 heteroatoms. The zero-order valence-corrected chi connectivity index (χ0v) is 14.5. The topological polar surface area (TPSA) is 66.0 Å². The first-order valence-electron chi connectivity index (χ1n) is 7.80. The molecule has 0 fully saturated rings. The number of benzene rings is 2. The van der Waals surface area contributed by atoms with Gasteiger partial charge in [0.25, 0.3) is 5.91 Å². The molecule has 0 radical (unpaired) electrons. The summed E-state index contributed by atoms with van der Waals surface area (Å²) in [6.45, 7) is 2.75. The highest BCUT2D eigenvalue weighted by Gasteiger charge is 2.13. The van der Waals surface area contributed by atoms with Gasteiger partial charge in [0.15, 0.2) is 18.1 Å². The maximum absolute atomic E-state index is 11.8. The van der Waals surface area contributed by atoms with E-state index in [1.165, 1.54) is 0 Å². The number of halogens is 1. The lowest BCUT2D eigenvalue weighted by molar-refractivity contribution is -0.123. The molecular weight excluding hydrogens is 346 g/mol. The zero-order valence-electron chi connectivity index (χ0n) is 13.7. The van der Waals surface area contributed by atoms with Gasteiger partial charge in [0.05, 0.1) is 6.54 Å². The maximum Gasteiger partial charge on any atom is 0.258 e. The van der Waals surface area contributed by atoms with Crippen molar-refractivity contribution < 1.29 is 23.7 Å². The molecule has 0 aromatic heterocycles. The predicted molar refractivity (Wildman–Crippen MR) is 92.8 cm³/mol. The Morgan fingerprint density at radius 3 is 2.72 bits per heavy atom. The standard InChI is InChI=1S/C18H18ClNO5/c1-12-8-13(2-4-15(12)19)23-10-18(21)20-6-7-22-14-3-5-16-17(9-14)25-11-24-16/h2-5,8-9H,6-7,10-11H2,1H3,(H,20,21). The van der Waals surface area contributed by atoms with Crippen molar-refractivity contribution in [3.63, 3.8) is 0 Å². The van der Waals surface area contributed by atoms with Crippen molar-refractivity contribution in [2.45, 2.75) is 6.92 Å². The second kappa shape index (κ2) is 7.98. The van der Waals surface area contributed by atoms with Crippen LogP contribution in [-0.4, -0.2) is 32.5 Å². The fourth-order valence-corrected chi connectivity index (χ4v) is 2.35. The number of nitrogens with one attached hydrogen (secondary N) is 1. The van der Waals surface area contributed by atoms with E-state index in [0.717, 1.165) is 5.56 Å². The maximum atomic E-state index is 11.8. The van der Waals surface area contributed by atoms with Crippen molar-refractivity contribution in [3.05, 3.63) is 47.0 Å². The number of ether oxygens (including phenoxy) is 4. The van der Waals surface area contributed by atoms with Gasteiger partial charge in [0.2, 0.25) is 6.79 Å². The number of hydrogen-bond acceptors (Lipinski definition) is 5. The summed E-state index contributed by atoms with van der Waals surface area (Å²) in [7, 11) is 0. The van der Waals surface area contributed by atoms with Gasteiger partial charge in [-0.05, 0) is 42.8 Å². The first-order chi connectivity index (χ1) is 12.1. The van der Waals surface area contributed by atoms with Crippen molar-refractivity contribution in [1.29, 1.82) is 0 Å². The normalized spacial score (nSPS) is 11.9. The van der Waals surface area contributed by atoms with Gasteiger partial charge in [-0.1, -0.05) is 11.6 Å². The van der Waals surface area contributed by atoms with Gasteiger partial charge in [0, 0.05) is 11.1 Å². The lowest BCUT2D eigenvalue weighted by atomic mass is 10.2. The van der Waals surface area contributed by atoms with Crippen LogP contribution in [0.1, 0.15) is 5.56 Å². The van der Waals surface area contributed by atoms with E-state index in [2.05, 4.69) is 5.32 Å². The first kappa shape index (κ1) is 17.2. The van der Waals surface area contributed by atoms with Crippen LogP contribution in [0.15, 0.2) is 36.4 Å². The average Bonchev–Trinajstić information content (AvgIpc) is 3.07. The number of fused-ring (bicyclic) bond motifs is 1. The minimum atomic E-state index is -0.220. The number of amides is 1. The van der Waals surface area contributed by atoms with E-state index < -0.39 is 0 Å². The third-order valence-corrected chi connectivity index (χ3v) is 3.96. The predicted octanol–water partition coefficient (Wildman–Crippen LogP) is 2.95. The summed E-state index contributed by atoms with van der Waals surface area (Å²) < 4.78 is 21.5. The molecule has 0 bridgehead atoms. The molecule has 0 saturated heterocycles. The van der Waals surface area contributed by atoms with Gasteiger partial charge in [-0.2, -0.15) is 0 Å². The summed E-state index contributed by atoms with van der Waals surface area (Å²) in [5.74, 6) is 2.41. The highest BCUT2D eigenvalue weighted by atomic mass is 35.5. The minimum absolute atomic E-state index is 0.0644. The molecule has 3 rings (SSSR count). The number of hydrogen-bond donors (Lipinski definition) is 1. The molecule has 132 valence electrons. The molecule has 1 heterocycles. The molecule has 1 amide bonds. The Morgan fingerprint density at radius 1 is 1.12 bits per heavy atom. The van der Waals surface area contributed by atoms with Gasteiger partial charge in [-0.25, -0.2) is 0 Å². The molecule has 2 aromatic rings. The van der Waals surface area contributed by atoms with Crippen LogP contribution in [0.5, 0.6) is 23.0 Å². The summed E-state index contributed by atoms with van der Waals surface area (Å²) in [4.78, 5) is 11.8. The van der Waals surface area contributed by atoms with Crippen LogP contribution in [0.25, 0.3) is 0 Å². The Hall–Kier alpha value is -2.60. The Bertz CT molecular complexity index is 765. The molecule has 1 aliphatic heterocycles. The van der Waals surface area contributed by atoms with Crippen molar-refractivity contribution in [2.24, 2.45) is 0 Å². The van der Waals surface area contributed by atoms with Crippen LogP contribution in [0.3, 0.4) is 0 Å². The lowest BCUT2D eigenvalue weighted by Gasteiger charge is -2.10. The smallest absolute Gasteiger partial charge is 0.258 e. The molecule has 0 unspecified atom stereocenters. The third kappa shape index (κ3) is 4.70. The fraction of sp³-hybridized carbons (Fsp3) is 0.278. The van der Waals surface area contributed by atoms with Crippen LogP contribution in [0.4, 0.5) is 0 Å². The van der Waals surface area contributed by atoms with E-state index >= 15 is 0 Å². The summed E-state index contributed by atoms with van der Waals surface area (Å²) in [6.07, 6.45) is 0. The average molecular weight is 364 g/mol. The molecule has 1 aliphatic rings. The lowest BCUT2D eigenvalue weighted by Crippen LogP contribution is -2.32. The van der Waals surface area contributed by atoms with Crippen molar-refractivity contribution in [2.75, 3.05) is 26.6 Å². The number of rotatable bonds is 7. The van der Waals surface area contributed by atoms with Crippen LogP contribution in [-0.2, 0) is 4.79 Å². The highest BCUT2D eigenvalue weighted by molar-refractivity contribution is 6.31. The van der Waals surface area contributed by atoms with Crippen LogP contribution in [0.2, 0.25) is 5.02 Å². The van der Waals surface area contributed by atoms with E-state index in [4.69, 9.17) is 30.5 Å². The summed E-state index contributed by atoms with van der Waals surface area (Å²) in [5, 5.41) is 3.39. The number of carbonyl (C=O) groups excluding carboxylic acids is 1. The highest BCUT2D eigenvalue weighted by Crippen LogP contribution is 2.34. The van der Waals surface area contributed by atoms with Crippen LogP contribution >= 0.6 is 11.6 Å². The SMILES string of the molecule is Cc1cc(OCC(=O)NCCOc2ccc3c(c2)OCO3)ccc1Cl. The number of carbonyl (C=O) groups is 1. The van der Waals surface area contributed by atoms with Crippen molar-refractivity contribution in [3.8, 4) is 23.0 Å². The van der Waals surface area contributed by atoms with Gasteiger partial charge in [-0.15, -0.1) is 0 Å². The van der Waals surface area contributed by atoms with E-state index in [1.54, 1.807) is 36.4 Å². The minimum Gasteiger partial charge on any atom is -0.492 e. The van der Waals surface area contributed by atoms with Gasteiger partial charge in [0.1, 0.15) is 18.1 Å². The quantitative estimate of drug-likeness (QED) is 0.766.